The molecule has 1 aromatic carbocycles. The molecule has 3 atom stereocenters. The highest BCUT2D eigenvalue weighted by molar-refractivity contribution is 6.42. The highest BCUT2D eigenvalue weighted by Crippen LogP contribution is 2.59. The average Bonchev–Trinajstić information content (AvgIpc) is 2.75. The molecule has 5 rings (SSSR count). The molecule has 3 nitrogen and oxygen atoms in total. The molecule has 2 bridgehead atoms. The van der Waals surface area contributed by atoms with Crippen molar-refractivity contribution in [2.75, 3.05) is 26.2 Å². The second-order valence-corrected chi connectivity index (χ2v) is 11.2. The van der Waals surface area contributed by atoms with Crippen LogP contribution in [-0.2, 0) is 0 Å². The third kappa shape index (κ3) is 4.84. The van der Waals surface area contributed by atoms with Crippen molar-refractivity contribution in [3.63, 3.8) is 0 Å². The zero-order valence-electron chi connectivity index (χ0n) is 19.2. The van der Waals surface area contributed by atoms with Crippen molar-refractivity contribution in [1.29, 1.82) is 0 Å². The quantitative estimate of drug-likeness (QED) is 0.421. The molecular weight excluding hydrogens is 427 g/mol. The Morgan fingerprint density at radius 2 is 2.03 bits per heavy atom. The molecule has 0 spiro atoms. The van der Waals surface area contributed by atoms with Crippen LogP contribution in [0.1, 0.15) is 69.7 Å². The number of likely N-dealkylation sites (tertiary alicyclic amines) is 1. The molecule has 3 aliphatic carbocycles. The molecule has 1 saturated heterocycles. The number of nitrogens with zero attached hydrogens (tertiary/aromatic N) is 2. The van der Waals surface area contributed by atoms with E-state index in [4.69, 9.17) is 23.2 Å². The summed E-state index contributed by atoms with van der Waals surface area (Å²) in [6, 6.07) is 5.89. The average molecular weight is 463 g/mol. The summed E-state index contributed by atoms with van der Waals surface area (Å²) in [6.45, 7) is 10.9. The summed E-state index contributed by atoms with van der Waals surface area (Å²) in [5, 5.41) is 0.926. The van der Waals surface area contributed by atoms with Gasteiger partial charge in [0.05, 0.1) is 10.0 Å². The third-order valence-corrected chi connectivity index (χ3v) is 8.96. The predicted octanol–water partition coefficient (Wildman–Crippen LogP) is 6.69. The molecule has 5 heteroatoms. The van der Waals surface area contributed by atoms with Gasteiger partial charge in [-0.1, -0.05) is 55.1 Å². The number of allylic oxidation sites excluding steroid dienone is 1. The topological polar surface area (TPSA) is 23.6 Å². The fourth-order valence-electron chi connectivity index (χ4n) is 5.89. The van der Waals surface area contributed by atoms with Crippen molar-refractivity contribution in [2.45, 2.75) is 65.3 Å². The maximum absolute atomic E-state index is 13.5. The Hall–Kier alpha value is -1.03. The minimum Gasteiger partial charge on any atom is -0.335 e. The van der Waals surface area contributed by atoms with Crippen LogP contribution < -0.4 is 0 Å². The largest absolute Gasteiger partial charge is 0.335 e. The summed E-state index contributed by atoms with van der Waals surface area (Å²) >= 11 is 12.3. The van der Waals surface area contributed by atoms with E-state index in [1.165, 1.54) is 37.8 Å². The van der Waals surface area contributed by atoms with Crippen LogP contribution in [-0.4, -0.2) is 47.9 Å². The molecule has 1 aromatic rings. The van der Waals surface area contributed by atoms with Crippen molar-refractivity contribution in [3.05, 3.63) is 45.5 Å². The fraction of sp³-hybridized carbons (Fsp3) is 0.654. The first-order chi connectivity index (χ1) is 14.8. The molecule has 0 aromatic heterocycles. The molecular formula is C26H36Cl2N2O. The number of piperidine rings is 1. The summed E-state index contributed by atoms with van der Waals surface area (Å²) in [6.07, 6.45) is 9.76. The first-order valence-corrected chi connectivity index (χ1v) is 12.7. The summed E-state index contributed by atoms with van der Waals surface area (Å²) in [5.41, 5.74) is 2.45. The van der Waals surface area contributed by atoms with Gasteiger partial charge in [-0.3, -0.25) is 4.79 Å². The first-order valence-electron chi connectivity index (χ1n) is 11.9. The number of fused-ring (bicyclic) bond motifs is 1. The number of benzene rings is 1. The van der Waals surface area contributed by atoms with Gasteiger partial charge in [0.15, 0.2) is 0 Å². The van der Waals surface area contributed by atoms with E-state index in [2.05, 4.69) is 36.6 Å². The van der Waals surface area contributed by atoms with Gasteiger partial charge in [0.2, 0.25) is 0 Å². The van der Waals surface area contributed by atoms with Gasteiger partial charge >= 0.3 is 0 Å². The number of carbonyl (C=O) groups is 1. The van der Waals surface area contributed by atoms with Gasteiger partial charge in [-0.25, -0.2) is 0 Å². The van der Waals surface area contributed by atoms with E-state index in [-0.39, 0.29) is 5.91 Å². The molecule has 1 aliphatic heterocycles. The second-order valence-electron chi connectivity index (χ2n) is 10.4. The van der Waals surface area contributed by atoms with Crippen LogP contribution in [0.5, 0.6) is 0 Å². The molecule has 31 heavy (non-hydrogen) atoms. The Bertz CT molecular complexity index is 850. The molecule has 1 saturated carbocycles. The Labute approximate surface area is 197 Å². The number of rotatable bonds is 7. The van der Waals surface area contributed by atoms with Crippen LogP contribution in [0.4, 0.5) is 0 Å². The maximum atomic E-state index is 13.5. The number of hydrogen-bond acceptors (Lipinski definition) is 2. The molecule has 2 fully saturated rings. The molecule has 1 heterocycles. The van der Waals surface area contributed by atoms with Crippen molar-refractivity contribution in [2.24, 2.45) is 17.3 Å². The zero-order valence-corrected chi connectivity index (χ0v) is 20.7. The van der Waals surface area contributed by atoms with E-state index in [1.54, 1.807) is 18.2 Å². The molecule has 4 aliphatic rings. The number of hydrogen-bond donors (Lipinski definition) is 0. The van der Waals surface area contributed by atoms with Gasteiger partial charge in [-0.2, -0.15) is 0 Å². The van der Waals surface area contributed by atoms with E-state index in [0.29, 0.717) is 33.0 Å². The maximum Gasteiger partial charge on any atom is 0.254 e. The minimum atomic E-state index is 0.0606. The highest BCUT2D eigenvalue weighted by atomic mass is 35.5. The first kappa shape index (κ1) is 23.1. The lowest BCUT2D eigenvalue weighted by atomic mass is 9.49. The van der Waals surface area contributed by atoms with Gasteiger partial charge < -0.3 is 9.80 Å². The lowest BCUT2D eigenvalue weighted by Gasteiger charge is -2.57. The van der Waals surface area contributed by atoms with Gasteiger partial charge in [-0.15, -0.1) is 0 Å². The molecule has 1 amide bonds. The van der Waals surface area contributed by atoms with E-state index in [9.17, 15) is 4.79 Å². The van der Waals surface area contributed by atoms with Gasteiger partial charge in [-0.05, 0) is 81.0 Å². The summed E-state index contributed by atoms with van der Waals surface area (Å²) in [7, 11) is 0. The zero-order chi connectivity index (χ0) is 22.2. The second kappa shape index (κ2) is 9.45. The highest BCUT2D eigenvalue weighted by Gasteiger charge is 2.51. The minimum absolute atomic E-state index is 0.0606. The number of carbonyl (C=O) groups excluding carboxylic acids is 1. The monoisotopic (exact) mass is 462 g/mol. The fourth-order valence-corrected chi connectivity index (χ4v) is 6.19. The molecule has 170 valence electrons. The SMILES string of the molecule is CC1CCCCN1CCCN(CC1=CCC2CC1C2(C)C)C(=O)c1ccc(Cl)c(Cl)c1. The Morgan fingerprint density at radius 1 is 1.23 bits per heavy atom. The normalized spacial score (nSPS) is 27.4. The van der Waals surface area contributed by atoms with Gasteiger partial charge in [0.1, 0.15) is 0 Å². The lowest BCUT2D eigenvalue weighted by molar-refractivity contribution is -0.0104. The van der Waals surface area contributed by atoms with Crippen LogP contribution in [0, 0.1) is 17.3 Å². The lowest BCUT2D eigenvalue weighted by Crippen LogP contribution is -2.50. The van der Waals surface area contributed by atoms with Gasteiger partial charge in [0, 0.05) is 31.2 Å². The van der Waals surface area contributed by atoms with E-state index >= 15 is 0 Å². The predicted molar refractivity (Wildman–Crippen MR) is 130 cm³/mol. The van der Waals surface area contributed by atoms with Crippen LogP contribution in [0.3, 0.4) is 0 Å². The van der Waals surface area contributed by atoms with Crippen LogP contribution >= 0.6 is 23.2 Å². The Kier molecular flexibility index (Phi) is 7.05. The molecule has 3 unspecified atom stereocenters. The Morgan fingerprint density at radius 3 is 2.71 bits per heavy atom. The molecule has 0 radical (unpaired) electrons. The van der Waals surface area contributed by atoms with Crippen LogP contribution in [0.25, 0.3) is 0 Å². The van der Waals surface area contributed by atoms with Crippen molar-refractivity contribution < 1.29 is 4.79 Å². The molecule has 0 N–H and O–H groups in total. The number of halogens is 2. The van der Waals surface area contributed by atoms with Crippen LogP contribution in [0.15, 0.2) is 29.8 Å². The third-order valence-electron chi connectivity index (χ3n) is 8.22. The summed E-state index contributed by atoms with van der Waals surface area (Å²) in [4.78, 5) is 18.1. The van der Waals surface area contributed by atoms with E-state index < -0.39 is 0 Å². The van der Waals surface area contributed by atoms with Gasteiger partial charge in [0.25, 0.3) is 5.91 Å². The van der Waals surface area contributed by atoms with Crippen molar-refractivity contribution in [1.82, 2.24) is 9.80 Å². The number of amides is 1. The Balaban J connectivity index is 1.47. The van der Waals surface area contributed by atoms with Crippen molar-refractivity contribution >= 4 is 29.1 Å². The van der Waals surface area contributed by atoms with Crippen molar-refractivity contribution in [3.8, 4) is 0 Å². The summed E-state index contributed by atoms with van der Waals surface area (Å²) < 4.78 is 0. The standard InChI is InChI=1S/C26H36Cl2N2O/c1-18-7-4-5-12-29(18)13-6-14-30(25(31)19-9-11-23(27)24(28)15-19)17-20-8-10-21-16-22(20)26(21,2)3/h8-9,11,15,18,21-22H,4-7,10,12-14,16-17H2,1-3H3. The van der Waals surface area contributed by atoms with Crippen LogP contribution in [0.2, 0.25) is 10.0 Å². The smallest absolute Gasteiger partial charge is 0.254 e. The van der Waals surface area contributed by atoms with E-state index in [0.717, 1.165) is 38.4 Å². The van der Waals surface area contributed by atoms with E-state index in [1.807, 2.05) is 0 Å². The summed E-state index contributed by atoms with van der Waals surface area (Å²) in [5.74, 6) is 1.48.